The lowest BCUT2D eigenvalue weighted by molar-refractivity contribution is 0.0695. The Bertz CT molecular complexity index is 640. The largest absolute Gasteiger partial charge is 0.478 e. The third-order valence-corrected chi connectivity index (χ3v) is 4.16. The predicted octanol–water partition coefficient (Wildman–Crippen LogP) is 1.66. The van der Waals surface area contributed by atoms with E-state index in [0.717, 1.165) is 0 Å². The highest BCUT2D eigenvalue weighted by molar-refractivity contribution is 5.90. The summed E-state index contributed by atoms with van der Waals surface area (Å²) in [6.45, 7) is 1.84. The molecule has 0 spiro atoms. The summed E-state index contributed by atoms with van der Waals surface area (Å²) >= 11 is 0. The van der Waals surface area contributed by atoms with Gasteiger partial charge in [0, 0.05) is 19.3 Å². The first-order valence-corrected chi connectivity index (χ1v) is 6.13. The number of carboxylic acids is 1. The number of nitriles is 1. The molecule has 1 N–H and O–H groups in total. The van der Waals surface area contributed by atoms with Crippen molar-refractivity contribution in [3.05, 3.63) is 22.9 Å². The Morgan fingerprint density at radius 2 is 2.15 bits per heavy atom. The molecule has 2 unspecified atom stereocenters. The predicted molar refractivity (Wildman–Crippen MR) is 64.8 cm³/mol. The number of carbonyl (C=O) groups is 1. The fraction of sp³-hybridized carbons (Fsp3) is 0.462. The van der Waals surface area contributed by atoms with E-state index in [1.807, 2.05) is 6.07 Å². The highest BCUT2D eigenvalue weighted by Gasteiger charge is 2.71. The molecule has 2 aliphatic rings. The number of rotatable bonds is 2. The number of piperidine rings is 1. The van der Waals surface area contributed by atoms with Crippen molar-refractivity contribution in [1.82, 2.24) is 4.98 Å². The monoisotopic (exact) mass is 279 g/mol. The van der Waals surface area contributed by atoms with Gasteiger partial charge in [0.1, 0.15) is 11.9 Å². The van der Waals surface area contributed by atoms with Crippen LogP contribution in [0, 0.1) is 30.1 Å². The minimum absolute atomic E-state index is 0.0417. The van der Waals surface area contributed by atoms with Gasteiger partial charge in [-0.25, -0.2) is 18.6 Å². The Kier molecular flexibility index (Phi) is 2.48. The third-order valence-electron chi connectivity index (χ3n) is 4.16. The van der Waals surface area contributed by atoms with Crippen LogP contribution in [0.3, 0.4) is 0 Å². The van der Waals surface area contributed by atoms with Crippen LogP contribution >= 0.6 is 0 Å². The topological polar surface area (TPSA) is 77.2 Å². The molecule has 20 heavy (non-hydrogen) atoms. The van der Waals surface area contributed by atoms with E-state index < -0.39 is 23.7 Å². The molecule has 104 valence electrons. The molecule has 1 aliphatic heterocycles. The quantitative estimate of drug-likeness (QED) is 0.890. The average molecular weight is 279 g/mol. The van der Waals surface area contributed by atoms with E-state index in [0.29, 0.717) is 11.4 Å². The number of anilines is 1. The lowest BCUT2D eigenvalue weighted by atomic mass is 10.1. The summed E-state index contributed by atoms with van der Waals surface area (Å²) in [5.41, 5.74) is 0.423. The van der Waals surface area contributed by atoms with Crippen LogP contribution < -0.4 is 4.90 Å². The van der Waals surface area contributed by atoms with Crippen LogP contribution in [0.2, 0.25) is 0 Å². The maximum atomic E-state index is 13.2. The van der Waals surface area contributed by atoms with Crippen LogP contribution in [0.15, 0.2) is 6.20 Å². The number of hydrogen-bond donors (Lipinski definition) is 1. The molecule has 3 rings (SSSR count). The maximum absolute atomic E-state index is 13.2. The van der Waals surface area contributed by atoms with Crippen molar-refractivity contribution >= 4 is 11.8 Å². The van der Waals surface area contributed by atoms with E-state index in [1.165, 1.54) is 13.1 Å². The number of hydrogen-bond acceptors (Lipinski definition) is 4. The van der Waals surface area contributed by atoms with Crippen LogP contribution in [-0.2, 0) is 0 Å². The summed E-state index contributed by atoms with van der Waals surface area (Å²) in [6.07, 6.45) is 1.18. The van der Waals surface area contributed by atoms with Gasteiger partial charge in [-0.3, -0.25) is 0 Å². The number of aromatic carboxylic acids is 1. The van der Waals surface area contributed by atoms with Gasteiger partial charge in [-0.1, -0.05) is 0 Å². The minimum atomic E-state index is -2.60. The zero-order chi connectivity index (χ0) is 14.7. The van der Waals surface area contributed by atoms with Crippen molar-refractivity contribution in [2.45, 2.75) is 12.8 Å². The van der Waals surface area contributed by atoms with Crippen LogP contribution in [0.5, 0.6) is 0 Å². The van der Waals surface area contributed by atoms with E-state index in [2.05, 4.69) is 4.98 Å². The van der Waals surface area contributed by atoms with E-state index in [9.17, 15) is 18.8 Å². The zero-order valence-electron chi connectivity index (χ0n) is 10.6. The van der Waals surface area contributed by atoms with Gasteiger partial charge in [0.05, 0.1) is 23.0 Å². The van der Waals surface area contributed by atoms with Gasteiger partial charge in [0.25, 0.3) is 5.92 Å². The number of nitrogens with zero attached hydrogens (tertiary/aromatic N) is 3. The second kappa shape index (κ2) is 3.88. The van der Waals surface area contributed by atoms with Gasteiger partial charge >= 0.3 is 5.97 Å². The van der Waals surface area contributed by atoms with Crippen molar-refractivity contribution in [3.8, 4) is 6.07 Å². The van der Waals surface area contributed by atoms with Crippen molar-refractivity contribution in [3.63, 3.8) is 0 Å². The van der Waals surface area contributed by atoms with E-state index in [4.69, 9.17) is 5.11 Å². The number of halogens is 2. The molecular formula is C13H11F2N3O2. The molecule has 0 radical (unpaired) electrons. The smallest absolute Gasteiger partial charge is 0.337 e. The van der Waals surface area contributed by atoms with Gasteiger partial charge in [-0.15, -0.1) is 0 Å². The summed E-state index contributed by atoms with van der Waals surface area (Å²) in [6, 6.07) is 1.93. The molecule has 2 atom stereocenters. The molecule has 0 bridgehead atoms. The fourth-order valence-electron chi connectivity index (χ4n) is 2.86. The second-order valence-corrected chi connectivity index (χ2v) is 5.20. The lowest BCUT2D eigenvalue weighted by Gasteiger charge is -2.22. The van der Waals surface area contributed by atoms with Gasteiger partial charge < -0.3 is 10.0 Å². The Morgan fingerprint density at radius 3 is 2.65 bits per heavy atom. The van der Waals surface area contributed by atoms with Gasteiger partial charge in [-0.05, 0) is 12.5 Å². The SMILES string of the molecule is Cc1c(C(=O)O)cnc(N2CC3C(C2)C3(F)F)c1C#N. The molecule has 1 aliphatic carbocycles. The Balaban J connectivity index is 1.95. The number of alkyl halides is 2. The van der Waals surface area contributed by atoms with E-state index in [1.54, 1.807) is 4.90 Å². The molecule has 0 aromatic carbocycles. The first kappa shape index (κ1) is 12.8. The Morgan fingerprint density at radius 1 is 1.55 bits per heavy atom. The van der Waals surface area contributed by atoms with Gasteiger partial charge in [-0.2, -0.15) is 5.26 Å². The van der Waals surface area contributed by atoms with Crippen molar-refractivity contribution in [1.29, 1.82) is 5.26 Å². The van der Waals surface area contributed by atoms with Gasteiger partial charge in [0.2, 0.25) is 0 Å². The first-order valence-electron chi connectivity index (χ1n) is 6.13. The van der Waals surface area contributed by atoms with Crippen LogP contribution in [0.1, 0.15) is 21.5 Å². The van der Waals surface area contributed by atoms with Crippen molar-refractivity contribution in [2.24, 2.45) is 11.8 Å². The Hall–Kier alpha value is -2.23. The van der Waals surface area contributed by atoms with Crippen LogP contribution in [0.4, 0.5) is 14.6 Å². The molecule has 1 saturated heterocycles. The maximum Gasteiger partial charge on any atom is 0.337 e. The van der Waals surface area contributed by atoms with Crippen LogP contribution in [-0.4, -0.2) is 35.1 Å². The fourth-order valence-corrected chi connectivity index (χ4v) is 2.86. The van der Waals surface area contributed by atoms with Crippen molar-refractivity contribution in [2.75, 3.05) is 18.0 Å². The summed E-state index contributed by atoms with van der Waals surface area (Å²) < 4.78 is 26.3. The average Bonchev–Trinajstić information content (AvgIpc) is 2.79. The molecular weight excluding hydrogens is 268 g/mol. The molecule has 1 aromatic rings. The molecule has 7 heteroatoms. The second-order valence-electron chi connectivity index (χ2n) is 5.20. The number of fused-ring (bicyclic) bond motifs is 1. The summed E-state index contributed by atoms with van der Waals surface area (Å²) in [5.74, 6) is -4.79. The van der Waals surface area contributed by atoms with Gasteiger partial charge in [0.15, 0.2) is 0 Å². The molecule has 1 saturated carbocycles. The molecule has 0 amide bonds. The molecule has 2 heterocycles. The van der Waals surface area contributed by atoms with Crippen LogP contribution in [0.25, 0.3) is 0 Å². The molecule has 2 fully saturated rings. The highest BCUT2D eigenvalue weighted by Crippen LogP contribution is 2.59. The molecule has 1 aromatic heterocycles. The van der Waals surface area contributed by atoms with Crippen molar-refractivity contribution < 1.29 is 18.7 Å². The summed E-state index contributed by atoms with van der Waals surface area (Å²) in [7, 11) is 0. The normalized spacial score (nSPS) is 26.0. The molecule has 5 nitrogen and oxygen atoms in total. The number of carboxylic acid groups (broad SMARTS) is 1. The minimum Gasteiger partial charge on any atom is -0.478 e. The highest BCUT2D eigenvalue weighted by atomic mass is 19.3. The third kappa shape index (κ3) is 1.57. The van der Waals surface area contributed by atoms with E-state index >= 15 is 0 Å². The first-order chi connectivity index (χ1) is 9.37. The summed E-state index contributed by atoms with van der Waals surface area (Å²) in [5, 5.41) is 18.2. The van der Waals surface area contributed by atoms with E-state index in [-0.39, 0.29) is 24.2 Å². The lowest BCUT2D eigenvalue weighted by Crippen LogP contribution is -2.29. The standard InChI is InChI=1S/C13H11F2N3O2/c1-6-7(2-16)11(17-3-8(6)12(19)20)18-4-9-10(5-18)13(9,14)15/h3,9-10H,4-5H2,1H3,(H,19,20). The zero-order valence-corrected chi connectivity index (χ0v) is 10.6. The Labute approximate surface area is 113 Å². The summed E-state index contributed by atoms with van der Waals surface area (Å²) in [4.78, 5) is 16.6. The number of pyridine rings is 1. The number of aromatic nitrogens is 1.